The molecule has 0 aliphatic carbocycles. The van der Waals surface area contributed by atoms with Crippen molar-refractivity contribution in [1.82, 2.24) is 15.0 Å². The molecule has 2 heterocycles. The van der Waals surface area contributed by atoms with E-state index in [0.29, 0.717) is 11.1 Å². The van der Waals surface area contributed by atoms with Gasteiger partial charge in [0.2, 0.25) is 15.9 Å². The summed E-state index contributed by atoms with van der Waals surface area (Å²) < 4.78 is 92.3. The minimum Gasteiger partial charge on any atom is -0.356 e. The van der Waals surface area contributed by atoms with Crippen LogP contribution in [0.1, 0.15) is 48.1 Å². The van der Waals surface area contributed by atoms with Crippen LogP contribution < -0.4 is 14.9 Å². The van der Waals surface area contributed by atoms with E-state index in [9.17, 15) is 35.2 Å². The lowest BCUT2D eigenvalue weighted by Gasteiger charge is -2.31. The Morgan fingerprint density at radius 3 is 2.36 bits per heavy atom. The number of nitrogens with one attached hydrogen (secondary N) is 2. The molecule has 36 heavy (non-hydrogen) atoms. The lowest BCUT2D eigenvalue weighted by molar-refractivity contribution is -0.141. The number of nitrogens with zero attached hydrogens (tertiary/aromatic N) is 2. The Balaban J connectivity index is 1.72. The molecule has 13 heteroatoms. The number of rotatable bonds is 8. The molecule has 3 rings (SSSR count). The molecule has 1 aromatic carbocycles. The molecule has 0 saturated carbocycles. The summed E-state index contributed by atoms with van der Waals surface area (Å²) in [6.07, 6.45) is -4.39. The largest absolute Gasteiger partial charge is 0.433 e. The Morgan fingerprint density at radius 1 is 1.14 bits per heavy atom. The first-order valence-corrected chi connectivity index (χ1v) is 13.1. The van der Waals surface area contributed by atoms with Gasteiger partial charge in [0.15, 0.2) is 0 Å². The van der Waals surface area contributed by atoms with Gasteiger partial charge in [-0.2, -0.15) is 13.2 Å². The highest BCUT2D eigenvalue weighted by atomic mass is 32.2. The van der Waals surface area contributed by atoms with E-state index in [-0.39, 0.29) is 50.4 Å². The van der Waals surface area contributed by atoms with Gasteiger partial charge in [-0.15, -0.1) is 0 Å². The molecule has 1 amide bonds. The molecule has 0 spiro atoms. The van der Waals surface area contributed by atoms with E-state index >= 15 is 0 Å². The van der Waals surface area contributed by atoms with E-state index in [1.165, 1.54) is 25.1 Å². The smallest absolute Gasteiger partial charge is 0.356 e. The van der Waals surface area contributed by atoms with Crippen molar-refractivity contribution in [2.75, 3.05) is 24.2 Å². The summed E-state index contributed by atoms with van der Waals surface area (Å²) in [7, 11) is -3.51. The van der Waals surface area contributed by atoms with Crippen LogP contribution in [-0.4, -0.2) is 44.8 Å². The van der Waals surface area contributed by atoms with Crippen LogP contribution in [0.2, 0.25) is 0 Å². The second kappa shape index (κ2) is 11.1. The van der Waals surface area contributed by atoms with Crippen LogP contribution >= 0.6 is 0 Å². The van der Waals surface area contributed by atoms with E-state index in [4.69, 9.17) is 0 Å². The Labute approximate surface area is 206 Å². The van der Waals surface area contributed by atoms with Gasteiger partial charge < -0.3 is 10.2 Å². The minimum atomic E-state index is -4.66. The van der Waals surface area contributed by atoms with Crippen LogP contribution in [0.4, 0.5) is 27.8 Å². The van der Waals surface area contributed by atoms with Crippen LogP contribution in [0.3, 0.4) is 0 Å². The fourth-order valence-electron chi connectivity index (χ4n) is 3.78. The highest BCUT2D eigenvalue weighted by Gasteiger charge is 2.34. The SMILES string of the molecule is CC(C(=O)NCc1ccc(C(F)(F)F)nc1N1CCC(F)CC1)c1ccc(CNS(C)(=O)=O)c(F)c1. The van der Waals surface area contributed by atoms with Crippen LogP contribution in [0, 0.1) is 5.82 Å². The zero-order valence-corrected chi connectivity index (χ0v) is 20.5. The first-order chi connectivity index (χ1) is 16.7. The zero-order chi connectivity index (χ0) is 26.7. The van der Waals surface area contributed by atoms with Gasteiger partial charge in [0.05, 0.1) is 12.2 Å². The number of halogens is 5. The van der Waals surface area contributed by atoms with Gasteiger partial charge in [0.1, 0.15) is 23.5 Å². The van der Waals surface area contributed by atoms with Gasteiger partial charge in [0.25, 0.3) is 0 Å². The molecular formula is C23H27F5N4O3S. The lowest BCUT2D eigenvalue weighted by Crippen LogP contribution is -2.37. The summed E-state index contributed by atoms with van der Waals surface area (Å²) in [4.78, 5) is 18.1. The maximum atomic E-state index is 14.4. The molecule has 1 unspecified atom stereocenters. The van der Waals surface area contributed by atoms with Gasteiger partial charge >= 0.3 is 6.18 Å². The van der Waals surface area contributed by atoms with Crippen molar-refractivity contribution >= 4 is 21.7 Å². The van der Waals surface area contributed by atoms with Crippen molar-refractivity contribution in [3.05, 3.63) is 58.5 Å². The van der Waals surface area contributed by atoms with E-state index in [0.717, 1.165) is 18.4 Å². The maximum Gasteiger partial charge on any atom is 0.433 e. The van der Waals surface area contributed by atoms with Gasteiger partial charge in [-0.25, -0.2) is 26.9 Å². The number of amides is 1. The normalized spacial score (nSPS) is 16.1. The molecule has 2 N–H and O–H groups in total. The van der Waals surface area contributed by atoms with Crippen molar-refractivity contribution in [2.24, 2.45) is 0 Å². The van der Waals surface area contributed by atoms with E-state index in [1.54, 1.807) is 4.90 Å². The maximum absolute atomic E-state index is 14.4. The molecule has 7 nitrogen and oxygen atoms in total. The number of aromatic nitrogens is 1. The highest BCUT2D eigenvalue weighted by Crippen LogP contribution is 2.32. The Morgan fingerprint density at radius 2 is 1.78 bits per heavy atom. The highest BCUT2D eigenvalue weighted by molar-refractivity contribution is 7.88. The molecular weight excluding hydrogens is 507 g/mol. The summed E-state index contributed by atoms with van der Waals surface area (Å²) >= 11 is 0. The van der Waals surface area contributed by atoms with Gasteiger partial charge in [0, 0.05) is 37.3 Å². The number of alkyl halides is 4. The minimum absolute atomic E-state index is 0.0402. The van der Waals surface area contributed by atoms with E-state index < -0.39 is 45.7 Å². The number of piperidine rings is 1. The second-order valence-electron chi connectivity index (χ2n) is 8.72. The summed E-state index contributed by atoms with van der Waals surface area (Å²) in [6, 6.07) is 6.07. The molecule has 1 aliphatic rings. The van der Waals surface area contributed by atoms with Gasteiger partial charge in [-0.05, 0) is 37.5 Å². The third-order valence-corrected chi connectivity index (χ3v) is 6.59. The quantitative estimate of drug-likeness (QED) is 0.505. The molecule has 1 aromatic heterocycles. The average molecular weight is 535 g/mol. The van der Waals surface area contributed by atoms with Crippen molar-refractivity contribution in [2.45, 2.75) is 51.1 Å². The number of carbonyl (C=O) groups excluding carboxylic acids is 1. The first kappa shape index (κ1) is 27.8. The van der Waals surface area contributed by atoms with Crippen LogP contribution in [0.15, 0.2) is 30.3 Å². The van der Waals surface area contributed by atoms with Crippen molar-refractivity contribution in [3.63, 3.8) is 0 Å². The lowest BCUT2D eigenvalue weighted by atomic mass is 9.98. The summed E-state index contributed by atoms with van der Waals surface area (Å²) in [5.41, 5.74) is -0.295. The first-order valence-electron chi connectivity index (χ1n) is 11.2. The molecule has 0 bridgehead atoms. The number of carbonyl (C=O) groups is 1. The third kappa shape index (κ3) is 7.36. The molecule has 1 saturated heterocycles. The number of sulfonamides is 1. The zero-order valence-electron chi connectivity index (χ0n) is 19.7. The fourth-order valence-corrected chi connectivity index (χ4v) is 4.20. The topological polar surface area (TPSA) is 91.4 Å². The van der Waals surface area contributed by atoms with Crippen LogP contribution in [0.25, 0.3) is 0 Å². The second-order valence-corrected chi connectivity index (χ2v) is 10.6. The number of anilines is 1. The third-order valence-electron chi connectivity index (χ3n) is 5.92. The van der Waals surface area contributed by atoms with E-state index in [2.05, 4.69) is 15.0 Å². The molecule has 198 valence electrons. The van der Waals surface area contributed by atoms with Crippen LogP contribution in [-0.2, 0) is 34.1 Å². The summed E-state index contributed by atoms with van der Waals surface area (Å²) in [5, 5.41) is 2.65. The van der Waals surface area contributed by atoms with Crippen LogP contribution in [0.5, 0.6) is 0 Å². The monoisotopic (exact) mass is 534 g/mol. The summed E-state index contributed by atoms with van der Waals surface area (Å²) in [5.74, 6) is -1.94. The predicted molar refractivity (Wildman–Crippen MR) is 124 cm³/mol. The molecule has 1 fully saturated rings. The van der Waals surface area contributed by atoms with Gasteiger partial charge in [-0.3, -0.25) is 4.79 Å². The number of hydrogen-bond donors (Lipinski definition) is 2. The Bertz CT molecular complexity index is 1200. The number of pyridine rings is 1. The predicted octanol–water partition coefficient (Wildman–Crippen LogP) is 3.65. The van der Waals surface area contributed by atoms with Crippen molar-refractivity contribution in [3.8, 4) is 0 Å². The van der Waals surface area contributed by atoms with Crippen molar-refractivity contribution in [1.29, 1.82) is 0 Å². The molecule has 1 atom stereocenters. The van der Waals surface area contributed by atoms with Crippen molar-refractivity contribution < 1.29 is 35.2 Å². The number of hydrogen-bond acceptors (Lipinski definition) is 5. The standard InChI is InChI=1S/C23H27F5N4O3S/c1-14(15-3-4-16(19(25)11-15)13-30-36(2,34)35)22(33)29-12-17-5-6-20(23(26,27)28)31-21(17)32-9-7-18(24)8-10-32/h3-6,11,14,18,30H,7-10,12-13H2,1-2H3,(H,29,33). The Kier molecular flexibility index (Phi) is 8.55. The summed E-state index contributed by atoms with van der Waals surface area (Å²) in [6.45, 7) is 1.57. The molecule has 2 aromatic rings. The van der Waals surface area contributed by atoms with E-state index in [1.807, 2.05) is 0 Å². The average Bonchev–Trinajstić information content (AvgIpc) is 2.80. The Hall–Kier alpha value is -2.80. The molecule has 1 aliphatic heterocycles. The van der Waals surface area contributed by atoms with Gasteiger partial charge in [-0.1, -0.05) is 18.2 Å². The number of benzene rings is 1. The fraction of sp³-hybridized carbons (Fsp3) is 0.478. The molecule has 0 radical (unpaired) electrons.